The number of para-hydroxylation sites is 1. The second-order valence-electron chi connectivity index (χ2n) is 5.42. The summed E-state index contributed by atoms with van der Waals surface area (Å²) in [6, 6.07) is 15.3. The summed E-state index contributed by atoms with van der Waals surface area (Å²) in [6.07, 6.45) is 3.57. The largest absolute Gasteiger partial charge is 0.492 e. The molecule has 0 N–H and O–H groups in total. The van der Waals surface area contributed by atoms with Gasteiger partial charge in [-0.3, -0.25) is 0 Å². The predicted molar refractivity (Wildman–Crippen MR) is 88.6 cm³/mol. The van der Waals surface area contributed by atoms with Gasteiger partial charge in [0.1, 0.15) is 5.75 Å². The molecule has 1 aliphatic heterocycles. The van der Waals surface area contributed by atoms with Crippen molar-refractivity contribution in [1.82, 2.24) is 0 Å². The maximum absolute atomic E-state index is 9.00. The molecular weight excluding hydrogens is 286 g/mol. The minimum Gasteiger partial charge on any atom is -0.492 e. The monoisotopic (exact) mass is 301 g/mol. The molecule has 4 nitrogen and oxygen atoms in total. The van der Waals surface area contributed by atoms with Gasteiger partial charge >= 0.3 is 0 Å². The molecule has 0 aliphatic carbocycles. The number of ether oxygens (including phenoxy) is 1. The van der Waals surface area contributed by atoms with Crippen LogP contribution in [0.1, 0.15) is 17.5 Å². The van der Waals surface area contributed by atoms with Crippen molar-refractivity contribution in [3.8, 4) is 11.9 Å². The van der Waals surface area contributed by atoms with Crippen LogP contribution < -0.4 is 4.74 Å². The molecule has 1 aliphatic rings. The summed E-state index contributed by atoms with van der Waals surface area (Å²) in [6.45, 7) is 7.61. The van der Waals surface area contributed by atoms with Crippen LogP contribution in [-0.2, 0) is 6.42 Å². The fourth-order valence-electron chi connectivity index (χ4n) is 2.84. The van der Waals surface area contributed by atoms with Gasteiger partial charge in [-0.15, -0.1) is 0 Å². The van der Waals surface area contributed by atoms with Crippen LogP contribution in [0.4, 0.5) is 5.69 Å². The molecule has 0 radical (unpaired) electrons. The van der Waals surface area contributed by atoms with E-state index in [1.807, 2.05) is 48.7 Å². The molecule has 112 valence electrons. The minimum atomic E-state index is 0.0844. The van der Waals surface area contributed by atoms with Crippen LogP contribution in [0.25, 0.3) is 4.85 Å². The molecule has 3 rings (SSSR count). The van der Waals surface area contributed by atoms with Gasteiger partial charge in [-0.25, -0.2) is 4.85 Å². The molecule has 0 saturated heterocycles. The number of benzene rings is 2. The van der Waals surface area contributed by atoms with Crippen LogP contribution in [0.3, 0.4) is 0 Å². The average molecular weight is 301 g/mol. The van der Waals surface area contributed by atoms with Crippen molar-refractivity contribution in [2.24, 2.45) is 10.9 Å². The van der Waals surface area contributed by atoms with E-state index >= 15 is 0 Å². The molecule has 23 heavy (non-hydrogen) atoms. The summed E-state index contributed by atoms with van der Waals surface area (Å²) in [5, 5.41) is 9.00. The standard InChI is InChI=1S/C19H15N3O/c1-21-16-6-4-5-14(11-16)9-10-15-12-23-18-8-3-2-7-17(18)19(15)22-13-20/h2-8,11,15H,9-10,12H2/b22-19-. The Labute approximate surface area is 135 Å². The van der Waals surface area contributed by atoms with Gasteiger partial charge in [0, 0.05) is 11.5 Å². The van der Waals surface area contributed by atoms with E-state index in [2.05, 4.69) is 9.84 Å². The fourth-order valence-corrected chi connectivity index (χ4v) is 2.84. The molecule has 4 heteroatoms. The van der Waals surface area contributed by atoms with Crippen molar-refractivity contribution in [3.63, 3.8) is 0 Å². The number of nitriles is 1. The van der Waals surface area contributed by atoms with Gasteiger partial charge in [-0.05, 0) is 25.0 Å². The summed E-state index contributed by atoms with van der Waals surface area (Å²) < 4.78 is 5.81. The van der Waals surface area contributed by atoms with Gasteiger partial charge in [-0.1, -0.05) is 42.0 Å². The molecule has 1 unspecified atom stereocenters. The first kappa shape index (κ1) is 14.8. The topological polar surface area (TPSA) is 49.7 Å². The zero-order valence-corrected chi connectivity index (χ0v) is 12.6. The zero-order chi connectivity index (χ0) is 16.1. The molecule has 0 amide bonds. The first-order chi connectivity index (χ1) is 11.3. The van der Waals surface area contributed by atoms with Crippen LogP contribution in [-0.4, -0.2) is 12.3 Å². The van der Waals surface area contributed by atoms with E-state index < -0.39 is 0 Å². The second-order valence-corrected chi connectivity index (χ2v) is 5.42. The lowest BCUT2D eigenvalue weighted by Gasteiger charge is -2.26. The first-order valence-corrected chi connectivity index (χ1v) is 7.47. The number of rotatable bonds is 3. The van der Waals surface area contributed by atoms with Crippen LogP contribution in [0.5, 0.6) is 5.75 Å². The van der Waals surface area contributed by atoms with E-state index in [4.69, 9.17) is 16.6 Å². The summed E-state index contributed by atoms with van der Waals surface area (Å²) >= 11 is 0. The Hall–Kier alpha value is -3.11. The molecule has 0 bridgehead atoms. The van der Waals surface area contributed by atoms with Crippen molar-refractivity contribution in [2.45, 2.75) is 12.8 Å². The van der Waals surface area contributed by atoms with Crippen LogP contribution in [0.2, 0.25) is 0 Å². The maximum atomic E-state index is 9.00. The lowest BCUT2D eigenvalue weighted by atomic mass is 9.89. The van der Waals surface area contributed by atoms with E-state index in [0.29, 0.717) is 12.3 Å². The third kappa shape index (κ3) is 3.22. The molecule has 0 fully saturated rings. The normalized spacial score (nSPS) is 17.7. The highest BCUT2D eigenvalue weighted by atomic mass is 16.5. The Bertz CT molecular complexity index is 827. The Kier molecular flexibility index (Phi) is 4.36. The zero-order valence-electron chi connectivity index (χ0n) is 12.6. The van der Waals surface area contributed by atoms with Crippen molar-refractivity contribution in [1.29, 1.82) is 5.26 Å². The third-order valence-electron chi connectivity index (χ3n) is 3.98. The lowest BCUT2D eigenvalue weighted by molar-refractivity contribution is 0.267. The molecule has 0 spiro atoms. The van der Waals surface area contributed by atoms with Crippen molar-refractivity contribution in [2.75, 3.05) is 6.61 Å². The van der Waals surface area contributed by atoms with Gasteiger partial charge in [0.15, 0.2) is 5.69 Å². The molecule has 1 heterocycles. The van der Waals surface area contributed by atoms with Crippen molar-refractivity contribution >= 4 is 11.4 Å². The first-order valence-electron chi connectivity index (χ1n) is 7.47. The molecule has 1 atom stereocenters. The Morgan fingerprint density at radius 3 is 2.96 bits per heavy atom. The third-order valence-corrected chi connectivity index (χ3v) is 3.98. The van der Waals surface area contributed by atoms with Gasteiger partial charge < -0.3 is 4.74 Å². The van der Waals surface area contributed by atoms with E-state index in [1.54, 1.807) is 6.07 Å². The van der Waals surface area contributed by atoms with E-state index in [1.165, 1.54) is 0 Å². The minimum absolute atomic E-state index is 0.0844. The van der Waals surface area contributed by atoms with Crippen LogP contribution >= 0.6 is 0 Å². The SMILES string of the molecule is [C-]#[N+]c1cccc(CCC2COc3ccccc3/C2=N\C#N)c1. The molecule has 0 aromatic heterocycles. The summed E-state index contributed by atoms with van der Waals surface area (Å²) in [7, 11) is 0. The summed E-state index contributed by atoms with van der Waals surface area (Å²) in [4.78, 5) is 7.50. The predicted octanol–water partition coefficient (Wildman–Crippen LogP) is 4.15. The van der Waals surface area contributed by atoms with E-state index in [-0.39, 0.29) is 5.92 Å². The smallest absolute Gasteiger partial charge is 0.205 e. The van der Waals surface area contributed by atoms with Crippen LogP contribution in [0.15, 0.2) is 53.5 Å². The molecule has 2 aromatic rings. The van der Waals surface area contributed by atoms with Gasteiger partial charge in [0.05, 0.1) is 18.9 Å². The number of aliphatic imine (C=N–C) groups is 1. The van der Waals surface area contributed by atoms with Gasteiger partial charge in [-0.2, -0.15) is 10.3 Å². The number of hydrogen-bond donors (Lipinski definition) is 0. The van der Waals surface area contributed by atoms with Gasteiger partial charge in [0.25, 0.3) is 0 Å². The van der Waals surface area contributed by atoms with E-state index in [0.717, 1.165) is 35.4 Å². The van der Waals surface area contributed by atoms with Crippen LogP contribution in [0, 0.1) is 23.9 Å². The highest BCUT2D eigenvalue weighted by Gasteiger charge is 2.26. The van der Waals surface area contributed by atoms with Gasteiger partial charge in [0.2, 0.25) is 6.19 Å². The van der Waals surface area contributed by atoms with E-state index in [9.17, 15) is 0 Å². The Morgan fingerprint density at radius 1 is 1.26 bits per heavy atom. The highest BCUT2D eigenvalue weighted by molar-refractivity contribution is 6.05. The van der Waals surface area contributed by atoms with Crippen molar-refractivity contribution in [3.05, 3.63) is 71.1 Å². The molecule has 2 aromatic carbocycles. The number of fused-ring (bicyclic) bond motifs is 1. The lowest BCUT2D eigenvalue weighted by Crippen LogP contribution is -2.29. The number of nitrogens with zero attached hydrogens (tertiary/aromatic N) is 3. The highest BCUT2D eigenvalue weighted by Crippen LogP contribution is 2.30. The number of aryl methyl sites for hydroxylation is 1. The second kappa shape index (κ2) is 6.77. The maximum Gasteiger partial charge on any atom is 0.205 e. The molecular formula is C19H15N3O. The summed E-state index contributed by atoms with van der Waals surface area (Å²) in [5.74, 6) is 0.869. The Morgan fingerprint density at radius 2 is 2.13 bits per heavy atom. The average Bonchev–Trinajstić information content (AvgIpc) is 2.61. The molecule has 0 saturated carbocycles. The quantitative estimate of drug-likeness (QED) is 0.631. The van der Waals surface area contributed by atoms with Crippen molar-refractivity contribution < 1.29 is 4.74 Å². The summed E-state index contributed by atoms with van der Waals surface area (Å²) in [5.41, 5.74) is 3.48. The number of hydrogen-bond acceptors (Lipinski definition) is 3. The Balaban J connectivity index is 1.79. The fraction of sp³-hybridized carbons (Fsp3) is 0.211.